The highest BCUT2D eigenvalue weighted by molar-refractivity contribution is 7.03. The molecule has 1 saturated heterocycles. The van der Waals surface area contributed by atoms with Crippen LogP contribution < -0.4 is 20.9 Å². The zero-order valence-electron chi connectivity index (χ0n) is 14.2. The van der Waals surface area contributed by atoms with Gasteiger partial charge in [-0.25, -0.2) is 5.43 Å². The number of hydrogen-bond donors (Lipinski definition) is 3. The van der Waals surface area contributed by atoms with Crippen molar-refractivity contribution in [3.63, 3.8) is 0 Å². The van der Waals surface area contributed by atoms with Gasteiger partial charge in [-0.1, -0.05) is 34.8 Å². The number of allylic oxidation sites excluding steroid dienone is 3. The predicted molar refractivity (Wildman–Crippen MR) is 99.4 cm³/mol. The largest absolute Gasteiger partial charge is 0.481 e. The standard InChI is InChI=1S/C18H19N5O2S/c1-11(18(24)19-16-10-26-23-21-16)25-15-9-5-3-7-13(15)17-12-6-2-4-8-14(12)20-22-17/h2-5,7-12,17,20,22H,6H2,1H3,(H,19,24). The number of aromatic nitrogens is 2. The van der Waals surface area contributed by atoms with E-state index in [1.54, 1.807) is 12.3 Å². The molecule has 1 fully saturated rings. The van der Waals surface area contributed by atoms with Gasteiger partial charge in [0.05, 0.1) is 11.4 Å². The molecule has 8 heteroatoms. The van der Waals surface area contributed by atoms with Gasteiger partial charge in [0.25, 0.3) is 5.91 Å². The SMILES string of the molecule is CC(Oc1ccccc1C1NNC2=CC=CCC21)C(=O)Nc1csnn1. The maximum absolute atomic E-state index is 12.3. The van der Waals surface area contributed by atoms with Crippen LogP contribution in [0.5, 0.6) is 5.75 Å². The van der Waals surface area contributed by atoms with Gasteiger partial charge in [-0.05, 0) is 37.0 Å². The summed E-state index contributed by atoms with van der Waals surface area (Å²) in [6, 6.07) is 7.90. The highest BCUT2D eigenvalue weighted by Gasteiger charge is 2.34. The number of rotatable bonds is 5. The monoisotopic (exact) mass is 369 g/mol. The molecule has 2 aliphatic rings. The van der Waals surface area contributed by atoms with Crippen molar-refractivity contribution in [1.29, 1.82) is 0 Å². The van der Waals surface area contributed by atoms with E-state index in [2.05, 4.69) is 44.0 Å². The second kappa shape index (κ2) is 7.27. The van der Waals surface area contributed by atoms with Crippen LogP contribution in [0.1, 0.15) is 24.9 Å². The number of hydrogen-bond acceptors (Lipinski definition) is 7. The number of nitrogens with zero attached hydrogens (tertiary/aromatic N) is 2. The van der Waals surface area contributed by atoms with Crippen LogP contribution in [-0.2, 0) is 4.79 Å². The molecule has 0 radical (unpaired) electrons. The molecule has 3 N–H and O–H groups in total. The lowest BCUT2D eigenvalue weighted by Crippen LogP contribution is -2.31. The summed E-state index contributed by atoms with van der Waals surface area (Å²) in [4.78, 5) is 12.3. The summed E-state index contributed by atoms with van der Waals surface area (Å²) < 4.78 is 9.72. The number of nitrogens with one attached hydrogen (secondary N) is 3. The predicted octanol–water partition coefficient (Wildman–Crippen LogP) is 2.55. The Bertz CT molecular complexity index is 849. The van der Waals surface area contributed by atoms with Crippen LogP contribution in [0.25, 0.3) is 0 Å². The minimum atomic E-state index is -0.659. The molecule has 0 bridgehead atoms. The number of fused-ring (bicyclic) bond motifs is 1. The minimum Gasteiger partial charge on any atom is -0.481 e. The lowest BCUT2D eigenvalue weighted by molar-refractivity contribution is -0.122. The first-order valence-electron chi connectivity index (χ1n) is 8.44. The Balaban J connectivity index is 1.50. The van der Waals surface area contributed by atoms with Gasteiger partial charge in [-0.3, -0.25) is 4.79 Å². The van der Waals surface area contributed by atoms with Gasteiger partial charge < -0.3 is 15.5 Å². The molecule has 1 aliphatic carbocycles. The van der Waals surface area contributed by atoms with Crippen LogP contribution in [0, 0.1) is 5.92 Å². The van der Waals surface area contributed by atoms with Crippen molar-refractivity contribution in [2.45, 2.75) is 25.5 Å². The molecule has 1 aliphatic heterocycles. The number of anilines is 1. The number of carbonyl (C=O) groups is 1. The zero-order valence-corrected chi connectivity index (χ0v) is 15.0. The maximum Gasteiger partial charge on any atom is 0.266 e. The topological polar surface area (TPSA) is 88.2 Å². The summed E-state index contributed by atoms with van der Waals surface area (Å²) in [6.45, 7) is 1.72. The number of hydrazine groups is 1. The number of amides is 1. The van der Waals surface area contributed by atoms with Crippen molar-refractivity contribution >= 4 is 23.3 Å². The third-order valence-electron chi connectivity index (χ3n) is 4.51. The van der Waals surface area contributed by atoms with Crippen LogP contribution in [0.15, 0.2) is 53.6 Å². The Hall–Kier alpha value is -2.71. The molecule has 0 saturated carbocycles. The van der Waals surface area contributed by atoms with Crippen LogP contribution in [0.2, 0.25) is 0 Å². The molecular weight excluding hydrogens is 350 g/mol. The van der Waals surface area contributed by atoms with Crippen molar-refractivity contribution in [3.05, 3.63) is 59.1 Å². The number of ether oxygens (including phenoxy) is 1. The summed E-state index contributed by atoms with van der Waals surface area (Å²) in [6.07, 6.45) is 6.61. The lowest BCUT2D eigenvalue weighted by Gasteiger charge is -2.23. The molecule has 3 atom stereocenters. The fourth-order valence-electron chi connectivity index (χ4n) is 3.19. The molecule has 2 heterocycles. The maximum atomic E-state index is 12.3. The quantitative estimate of drug-likeness (QED) is 0.751. The van der Waals surface area contributed by atoms with Crippen LogP contribution in [-0.4, -0.2) is 21.6 Å². The normalized spacial score (nSPS) is 22.1. The summed E-state index contributed by atoms with van der Waals surface area (Å²) in [5.74, 6) is 1.21. The minimum absolute atomic E-state index is 0.0837. The Labute approximate surface area is 155 Å². The Morgan fingerprint density at radius 1 is 1.42 bits per heavy atom. The first kappa shape index (κ1) is 16.7. The molecule has 3 unspecified atom stereocenters. The number of benzene rings is 1. The van der Waals surface area contributed by atoms with E-state index in [0.29, 0.717) is 17.5 Å². The van der Waals surface area contributed by atoms with E-state index in [-0.39, 0.29) is 11.9 Å². The summed E-state index contributed by atoms with van der Waals surface area (Å²) in [5.41, 5.74) is 8.79. The highest BCUT2D eigenvalue weighted by Crippen LogP contribution is 2.39. The van der Waals surface area contributed by atoms with E-state index in [1.807, 2.05) is 24.3 Å². The van der Waals surface area contributed by atoms with E-state index in [4.69, 9.17) is 4.74 Å². The molecule has 0 spiro atoms. The van der Waals surface area contributed by atoms with E-state index < -0.39 is 6.10 Å². The van der Waals surface area contributed by atoms with E-state index in [1.165, 1.54) is 17.2 Å². The van der Waals surface area contributed by atoms with Gasteiger partial charge in [0.15, 0.2) is 11.9 Å². The van der Waals surface area contributed by atoms with Crippen LogP contribution >= 0.6 is 11.5 Å². The van der Waals surface area contributed by atoms with Gasteiger partial charge in [-0.2, -0.15) is 0 Å². The molecule has 2 aromatic rings. The lowest BCUT2D eigenvalue weighted by atomic mass is 9.87. The van der Waals surface area contributed by atoms with Gasteiger partial charge in [0.1, 0.15) is 5.75 Å². The number of para-hydroxylation sites is 1. The van der Waals surface area contributed by atoms with E-state index in [0.717, 1.165) is 12.0 Å². The average molecular weight is 369 g/mol. The molecular formula is C18H19N5O2S. The smallest absolute Gasteiger partial charge is 0.266 e. The third kappa shape index (κ3) is 3.33. The second-order valence-electron chi connectivity index (χ2n) is 6.22. The van der Waals surface area contributed by atoms with Crippen molar-refractivity contribution in [2.75, 3.05) is 5.32 Å². The third-order valence-corrected chi connectivity index (χ3v) is 5.02. The Morgan fingerprint density at radius 2 is 2.31 bits per heavy atom. The van der Waals surface area contributed by atoms with Gasteiger partial charge in [0.2, 0.25) is 0 Å². The fraction of sp³-hybridized carbons (Fsp3) is 0.278. The first-order chi connectivity index (χ1) is 12.7. The Kier molecular flexibility index (Phi) is 4.68. The average Bonchev–Trinajstić information content (AvgIpc) is 3.32. The first-order valence-corrected chi connectivity index (χ1v) is 9.28. The summed E-state index contributed by atoms with van der Waals surface area (Å²) >= 11 is 1.18. The van der Waals surface area contributed by atoms with Crippen molar-refractivity contribution in [1.82, 2.24) is 20.4 Å². The Morgan fingerprint density at radius 3 is 3.15 bits per heavy atom. The summed E-state index contributed by atoms with van der Waals surface area (Å²) in [5, 5.41) is 8.20. The van der Waals surface area contributed by atoms with E-state index >= 15 is 0 Å². The fourth-order valence-corrected chi connectivity index (χ4v) is 3.58. The molecule has 4 rings (SSSR count). The second-order valence-corrected chi connectivity index (χ2v) is 6.83. The van der Waals surface area contributed by atoms with Gasteiger partial charge in [-0.15, -0.1) is 5.10 Å². The summed E-state index contributed by atoms with van der Waals surface area (Å²) in [7, 11) is 0. The van der Waals surface area contributed by atoms with E-state index in [9.17, 15) is 4.79 Å². The molecule has 26 heavy (non-hydrogen) atoms. The van der Waals surface area contributed by atoms with Crippen molar-refractivity contribution in [3.8, 4) is 5.75 Å². The number of carbonyl (C=O) groups excluding carboxylic acids is 1. The van der Waals surface area contributed by atoms with Gasteiger partial charge >= 0.3 is 0 Å². The van der Waals surface area contributed by atoms with Crippen molar-refractivity contribution in [2.24, 2.45) is 5.92 Å². The molecule has 134 valence electrons. The van der Waals surface area contributed by atoms with Crippen LogP contribution in [0.4, 0.5) is 5.82 Å². The van der Waals surface area contributed by atoms with Gasteiger partial charge in [0, 0.05) is 17.2 Å². The molecule has 1 amide bonds. The molecule has 1 aromatic heterocycles. The van der Waals surface area contributed by atoms with Crippen molar-refractivity contribution < 1.29 is 9.53 Å². The zero-order chi connectivity index (χ0) is 17.9. The molecule has 1 aromatic carbocycles. The highest BCUT2D eigenvalue weighted by atomic mass is 32.1. The molecule has 7 nitrogen and oxygen atoms in total. The van der Waals surface area contributed by atoms with Crippen LogP contribution in [0.3, 0.4) is 0 Å².